The van der Waals surface area contributed by atoms with E-state index < -0.39 is 18.0 Å². The average Bonchev–Trinajstić information content (AvgIpc) is 2.34. The van der Waals surface area contributed by atoms with E-state index in [1.807, 2.05) is 0 Å². The molecule has 7 heteroatoms. The van der Waals surface area contributed by atoms with Gasteiger partial charge in [0.2, 0.25) is 5.91 Å². The zero-order chi connectivity index (χ0) is 14.6. The van der Waals surface area contributed by atoms with Crippen molar-refractivity contribution in [3.63, 3.8) is 0 Å². The first-order chi connectivity index (χ1) is 8.86. The summed E-state index contributed by atoms with van der Waals surface area (Å²) in [5, 5.41) is 11.5. The lowest BCUT2D eigenvalue weighted by atomic mass is 10.2. The van der Waals surface area contributed by atoms with E-state index in [1.54, 1.807) is 13.8 Å². The number of aliphatic carboxylic acids is 1. The zero-order valence-electron chi connectivity index (χ0n) is 11.2. The van der Waals surface area contributed by atoms with Gasteiger partial charge in [-0.1, -0.05) is 12.2 Å². The normalized spacial score (nSPS) is 18.7. The van der Waals surface area contributed by atoms with E-state index in [0.29, 0.717) is 13.1 Å². The van der Waals surface area contributed by atoms with Gasteiger partial charge in [-0.15, -0.1) is 0 Å². The van der Waals surface area contributed by atoms with Gasteiger partial charge in [-0.25, -0.2) is 9.59 Å². The van der Waals surface area contributed by atoms with Gasteiger partial charge in [0.05, 0.1) is 0 Å². The van der Waals surface area contributed by atoms with Crippen molar-refractivity contribution in [2.75, 3.05) is 26.2 Å². The molecule has 7 nitrogen and oxygen atoms in total. The van der Waals surface area contributed by atoms with Crippen molar-refractivity contribution in [2.45, 2.75) is 19.9 Å². The van der Waals surface area contributed by atoms with Gasteiger partial charge in [0.25, 0.3) is 0 Å². The average molecular weight is 269 g/mol. The number of rotatable bonds is 4. The first-order valence-electron chi connectivity index (χ1n) is 6.06. The topological polar surface area (TPSA) is 90.0 Å². The van der Waals surface area contributed by atoms with Crippen LogP contribution in [0.1, 0.15) is 13.8 Å². The molecule has 106 valence electrons. The Morgan fingerprint density at radius 2 is 2.21 bits per heavy atom. The lowest BCUT2D eigenvalue weighted by molar-refractivity contribution is -0.144. The highest BCUT2D eigenvalue weighted by molar-refractivity contribution is 5.90. The van der Waals surface area contributed by atoms with E-state index in [9.17, 15) is 14.4 Å². The van der Waals surface area contributed by atoms with Gasteiger partial charge in [0.1, 0.15) is 12.6 Å². The molecule has 0 saturated carbocycles. The number of piperazine rings is 1. The van der Waals surface area contributed by atoms with Crippen LogP contribution < -0.4 is 5.32 Å². The van der Waals surface area contributed by atoms with E-state index in [-0.39, 0.29) is 19.0 Å². The molecule has 3 amide bonds. The van der Waals surface area contributed by atoms with Crippen molar-refractivity contribution in [1.82, 2.24) is 15.1 Å². The third kappa shape index (κ3) is 3.70. The van der Waals surface area contributed by atoms with Crippen LogP contribution in [0.5, 0.6) is 0 Å². The van der Waals surface area contributed by atoms with Crippen molar-refractivity contribution < 1.29 is 19.5 Å². The highest BCUT2D eigenvalue weighted by Gasteiger charge is 2.36. The maximum Gasteiger partial charge on any atom is 0.328 e. The molecule has 1 atom stereocenters. The molecule has 19 heavy (non-hydrogen) atoms. The summed E-state index contributed by atoms with van der Waals surface area (Å²) in [5.41, 5.74) is 0.795. The Hall–Kier alpha value is -2.05. The van der Waals surface area contributed by atoms with E-state index in [1.165, 1.54) is 4.90 Å². The summed E-state index contributed by atoms with van der Waals surface area (Å²) >= 11 is 0. The van der Waals surface area contributed by atoms with Gasteiger partial charge < -0.3 is 15.3 Å². The maximum atomic E-state index is 12.3. The molecule has 1 heterocycles. The minimum Gasteiger partial charge on any atom is -0.480 e. The van der Waals surface area contributed by atoms with Crippen LogP contribution in [0.2, 0.25) is 0 Å². The second-order valence-electron chi connectivity index (χ2n) is 4.54. The van der Waals surface area contributed by atoms with Crippen molar-refractivity contribution in [3.05, 3.63) is 12.2 Å². The number of urea groups is 1. The zero-order valence-corrected chi connectivity index (χ0v) is 11.2. The lowest BCUT2D eigenvalue weighted by Gasteiger charge is -2.36. The number of carbonyl (C=O) groups excluding carboxylic acids is 2. The summed E-state index contributed by atoms with van der Waals surface area (Å²) < 4.78 is 0. The molecule has 1 rings (SSSR count). The minimum atomic E-state index is -1.13. The predicted molar refractivity (Wildman–Crippen MR) is 68.6 cm³/mol. The fourth-order valence-electron chi connectivity index (χ4n) is 1.89. The maximum absolute atomic E-state index is 12.3. The Morgan fingerprint density at radius 3 is 2.68 bits per heavy atom. The number of carboxylic acids is 1. The van der Waals surface area contributed by atoms with Crippen LogP contribution in [0.15, 0.2) is 12.2 Å². The first kappa shape index (κ1) is 15.0. The van der Waals surface area contributed by atoms with E-state index in [0.717, 1.165) is 10.5 Å². The predicted octanol–water partition coefficient (Wildman–Crippen LogP) is -0.111. The molecule has 2 N–H and O–H groups in total. The quantitative estimate of drug-likeness (QED) is 0.697. The highest BCUT2D eigenvalue weighted by Crippen LogP contribution is 2.10. The SMILES string of the molecule is C=C(C)CN(CC)C(=O)N1CC(=O)NCC1C(=O)O. The van der Waals surface area contributed by atoms with Crippen LogP contribution in [0, 0.1) is 0 Å². The number of nitrogens with one attached hydrogen (secondary N) is 1. The molecule has 0 aromatic rings. The Morgan fingerprint density at radius 1 is 1.58 bits per heavy atom. The monoisotopic (exact) mass is 269 g/mol. The van der Waals surface area contributed by atoms with E-state index >= 15 is 0 Å². The number of likely N-dealkylation sites (N-methyl/N-ethyl adjacent to an activating group) is 1. The van der Waals surface area contributed by atoms with Crippen LogP contribution >= 0.6 is 0 Å². The molecule has 0 aliphatic carbocycles. The van der Waals surface area contributed by atoms with Gasteiger partial charge in [-0.2, -0.15) is 0 Å². The molecule has 1 aliphatic rings. The molecule has 1 saturated heterocycles. The summed E-state index contributed by atoms with van der Waals surface area (Å²) in [7, 11) is 0. The van der Waals surface area contributed by atoms with E-state index in [2.05, 4.69) is 11.9 Å². The Balaban J connectivity index is 2.88. The largest absolute Gasteiger partial charge is 0.480 e. The second-order valence-corrected chi connectivity index (χ2v) is 4.54. The molecule has 0 aromatic carbocycles. The van der Waals surface area contributed by atoms with Gasteiger partial charge in [-0.05, 0) is 13.8 Å². The molecule has 0 aromatic heterocycles. The van der Waals surface area contributed by atoms with Gasteiger partial charge in [-0.3, -0.25) is 9.69 Å². The van der Waals surface area contributed by atoms with Gasteiger partial charge in [0, 0.05) is 19.6 Å². The molecule has 0 bridgehead atoms. The van der Waals surface area contributed by atoms with Gasteiger partial charge in [0.15, 0.2) is 0 Å². The minimum absolute atomic E-state index is 0.0649. The summed E-state index contributed by atoms with van der Waals surface area (Å²) in [6.07, 6.45) is 0. The van der Waals surface area contributed by atoms with Gasteiger partial charge >= 0.3 is 12.0 Å². The molecule has 0 radical (unpaired) electrons. The Labute approximate surface area is 111 Å². The molecular formula is C12H19N3O4. The number of nitrogens with zero attached hydrogens (tertiary/aromatic N) is 2. The molecular weight excluding hydrogens is 250 g/mol. The van der Waals surface area contributed by atoms with Crippen molar-refractivity contribution in [3.8, 4) is 0 Å². The van der Waals surface area contributed by atoms with Crippen molar-refractivity contribution in [1.29, 1.82) is 0 Å². The number of amides is 3. The van der Waals surface area contributed by atoms with Crippen LogP contribution in [-0.4, -0.2) is 65.0 Å². The number of carbonyl (C=O) groups is 3. The third-order valence-electron chi connectivity index (χ3n) is 2.83. The van der Waals surface area contributed by atoms with Crippen LogP contribution in [0.3, 0.4) is 0 Å². The fourth-order valence-corrected chi connectivity index (χ4v) is 1.89. The Bertz CT molecular complexity index is 408. The van der Waals surface area contributed by atoms with Crippen LogP contribution in [0.4, 0.5) is 4.79 Å². The molecule has 0 spiro atoms. The Kier molecular flexibility index (Phi) is 4.91. The summed E-state index contributed by atoms with van der Waals surface area (Å²) in [6.45, 7) is 7.78. The second kappa shape index (κ2) is 6.21. The molecule has 1 fully saturated rings. The molecule has 1 unspecified atom stereocenters. The number of hydrogen-bond acceptors (Lipinski definition) is 3. The summed E-state index contributed by atoms with van der Waals surface area (Å²) in [4.78, 5) is 37.3. The van der Waals surface area contributed by atoms with Crippen LogP contribution in [-0.2, 0) is 9.59 Å². The van der Waals surface area contributed by atoms with Crippen LogP contribution in [0.25, 0.3) is 0 Å². The van der Waals surface area contributed by atoms with Crippen molar-refractivity contribution >= 4 is 17.9 Å². The van der Waals surface area contributed by atoms with Crippen molar-refractivity contribution in [2.24, 2.45) is 0 Å². The summed E-state index contributed by atoms with van der Waals surface area (Å²) in [6, 6.07) is -1.47. The van der Waals surface area contributed by atoms with E-state index in [4.69, 9.17) is 5.11 Å². The fraction of sp³-hybridized carbons (Fsp3) is 0.583. The standard InChI is InChI=1S/C12H19N3O4/c1-4-14(6-8(2)3)12(19)15-7-10(16)13-5-9(15)11(17)18/h9H,2,4-7H2,1,3H3,(H,13,16)(H,17,18). The number of carboxylic acid groups (broad SMARTS) is 1. The number of hydrogen-bond donors (Lipinski definition) is 2. The third-order valence-corrected chi connectivity index (χ3v) is 2.83. The highest BCUT2D eigenvalue weighted by atomic mass is 16.4. The lowest BCUT2D eigenvalue weighted by Crippen LogP contribution is -2.61. The summed E-state index contributed by atoms with van der Waals surface area (Å²) in [5.74, 6) is -1.48. The first-order valence-corrected chi connectivity index (χ1v) is 6.06. The smallest absolute Gasteiger partial charge is 0.328 e. The molecule has 1 aliphatic heterocycles.